The maximum atomic E-state index is 13.2. The van der Waals surface area contributed by atoms with Gasteiger partial charge < -0.3 is 19.3 Å². The maximum absolute atomic E-state index is 13.2. The molecule has 0 saturated carbocycles. The van der Waals surface area contributed by atoms with Gasteiger partial charge in [0.2, 0.25) is 5.88 Å². The normalized spacial score (nSPS) is 15.8. The molecule has 1 aliphatic rings. The van der Waals surface area contributed by atoms with Crippen LogP contribution in [0, 0.1) is 6.92 Å². The van der Waals surface area contributed by atoms with Gasteiger partial charge in [0.15, 0.2) is 6.23 Å². The molecule has 1 atom stereocenters. The van der Waals surface area contributed by atoms with E-state index in [9.17, 15) is 4.79 Å². The van der Waals surface area contributed by atoms with Crippen LogP contribution in [-0.2, 0) is 4.74 Å². The summed E-state index contributed by atoms with van der Waals surface area (Å²) < 4.78 is 16.5. The molecule has 0 bridgehead atoms. The summed E-state index contributed by atoms with van der Waals surface area (Å²) in [7, 11) is 1.49. The minimum Gasteiger partial charge on any atom is -0.479 e. The Bertz CT molecular complexity index is 1290. The number of hydrogen-bond donors (Lipinski definition) is 1. The molecule has 174 valence electrons. The van der Waals surface area contributed by atoms with Crippen LogP contribution in [0.15, 0.2) is 53.2 Å². The first-order valence-electron chi connectivity index (χ1n) is 11.1. The summed E-state index contributed by atoms with van der Waals surface area (Å²) >= 11 is 0. The van der Waals surface area contributed by atoms with E-state index in [4.69, 9.17) is 14.0 Å². The number of anilines is 1. The number of aromatic nitrogens is 5. The zero-order valence-electron chi connectivity index (χ0n) is 18.9. The van der Waals surface area contributed by atoms with Gasteiger partial charge in [0.05, 0.1) is 19.0 Å². The minimum absolute atomic E-state index is 0.159. The number of hydrogen-bond acceptors (Lipinski definition) is 8. The van der Waals surface area contributed by atoms with Crippen LogP contribution in [0.25, 0.3) is 22.6 Å². The van der Waals surface area contributed by atoms with Gasteiger partial charge in [-0.3, -0.25) is 4.79 Å². The predicted molar refractivity (Wildman–Crippen MR) is 123 cm³/mol. The molecule has 1 unspecified atom stereocenters. The van der Waals surface area contributed by atoms with E-state index in [1.165, 1.54) is 7.11 Å². The van der Waals surface area contributed by atoms with Crippen molar-refractivity contribution < 1.29 is 18.8 Å². The quantitative estimate of drug-likeness (QED) is 0.453. The SMILES string of the molecule is COc1nc(-c2cnn(C3CCCCO3)n2)ccc1NC(=O)c1c(-c2ccccc2)noc1C. The summed E-state index contributed by atoms with van der Waals surface area (Å²) in [5.74, 6) is 0.303. The van der Waals surface area contributed by atoms with Gasteiger partial charge in [0.25, 0.3) is 5.91 Å². The number of nitrogens with zero attached hydrogens (tertiary/aromatic N) is 5. The Balaban J connectivity index is 1.38. The summed E-state index contributed by atoms with van der Waals surface area (Å²) in [5.41, 5.74) is 3.19. The molecule has 1 aromatic carbocycles. The molecule has 5 rings (SSSR count). The molecule has 0 spiro atoms. The second-order valence-electron chi connectivity index (χ2n) is 7.91. The molecule has 1 N–H and O–H groups in total. The van der Waals surface area contributed by atoms with Crippen LogP contribution in [-0.4, -0.2) is 44.8 Å². The van der Waals surface area contributed by atoms with Gasteiger partial charge in [-0.05, 0) is 38.3 Å². The largest absolute Gasteiger partial charge is 0.479 e. The van der Waals surface area contributed by atoms with Crippen molar-refractivity contribution in [2.24, 2.45) is 0 Å². The van der Waals surface area contributed by atoms with Crippen molar-refractivity contribution in [2.45, 2.75) is 32.4 Å². The van der Waals surface area contributed by atoms with Gasteiger partial charge >= 0.3 is 0 Å². The van der Waals surface area contributed by atoms with Crippen LogP contribution in [0.4, 0.5) is 5.69 Å². The smallest absolute Gasteiger partial charge is 0.261 e. The minimum atomic E-state index is -0.370. The molecule has 0 aliphatic carbocycles. The number of aryl methyl sites for hydroxylation is 1. The molecular weight excluding hydrogens is 436 g/mol. The molecule has 34 heavy (non-hydrogen) atoms. The second-order valence-corrected chi connectivity index (χ2v) is 7.91. The summed E-state index contributed by atoms with van der Waals surface area (Å²) in [6, 6.07) is 12.9. The highest BCUT2D eigenvalue weighted by atomic mass is 16.5. The van der Waals surface area contributed by atoms with Crippen molar-refractivity contribution in [2.75, 3.05) is 19.0 Å². The fourth-order valence-electron chi connectivity index (χ4n) is 3.89. The van der Waals surface area contributed by atoms with Crippen molar-refractivity contribution in [3.63, 3.8) is 0 Å². The summed E-state index contributed by atoms with van der Waals surface area (Å²) in [5, 5.41) is 15.8. The first-order chi connectivity index (χ1) is 16.6. The zero-order valence-corrected chi connectivity index (χ0v) is 18.9. The van der Waals surface area contributed by atoms with Gasteiger partial charge in [-0.25, -0.2) is 4.98 Å². The third kappa shape index (κ3) is 4.27. The molecule has 1 saturated heterocycles. The Morgan fingerprint density at radius 1 is 1.15 bits per heavy atom. The Labute approximate surface area is 195 Å². The third-order valence-corrected chi connectivity index (χ3v) is 5.62. The van der Waals surface area contributed by atoms with E-state index in [1.54, 1.807) is 30.0 Å². The zero-order chi connectivity index (χ0) is 23.5. The molecule has 4 heterocycles. The lowest BCUT2D eigenvalue weighted by Gasteiger charge is -2.21. The van der Waals surface area contributed by atoms with Crippen molar-refractivity contribution in [3.8, 4) is 28.5 Å². The Hall–Kier alpha value is -4.05. The van der Waals surface area contributed by atoms with Gasteiger partial charge in [0, 0.05) is 12.2 Å². The van der Waals surface area contributed by atoms with Gasteiger partial charge in [-0.2, -0.15) is 9.90 Å². The molecule has 1 fully saturated rings. The molecule has 4 aromatic rings. The van der Waals surface area contributed by atoms with Crippen molar-refractivity contribution >= 4 is 11.6 Å². The van der Waals surface area contributed by atoms with E-state index in [0.717, 1.165) is 24.8 Å². The van der Waals surface area contributed by atoms with Crippen LogP contribution in [0.1, 0.15) is 41.6 Å². The lowest BCUT2D eigenvalue weighted by atomic mass is 10.1. The lowest BCUT2D eigenvalue weighted by molar-refractivity contribution is -0.0479. The first-order valence-corrected chi connectivity index (χ1v) is 11.1. The number of rotatable bonds is 6. The number of carbonyl (C=O) groups is 1. The number of pyridine rings is 1. The number of ether oxygens (including phenoxy) is 2. The highest BCUT2D eigenvalue weighted by Gasteiger charge is 2.23. The van der Waals surface area contributed by atoms with Crippen molar-refractivity contribution in [3.05, 3.63) is 60.0 Å². The van der Waals surface area contributed by atoms with Crippen LogP contribution in [0.3, 0.4) is 0 Å². The molecular formula is C24H24N6O4. The van der Waals surface area contributed by atoms with E-state index in [1.807, 2.05) is 30.3 Å². The summed E-state index contributed by atoms with van der Waals surface area (Å²) in [6.45, 7) is 2.41. The standard InChI is InChI=1S/C24H24N6O4/c1-15-21(22(29-34-15)16-8-4-3-5-9-16)23(31)26-18-12-11-17(27-24(18)32-2)19-14-25-30(28-19)20-10-6-7-13-33-20/h3-5,8-9,11-12,14,20H,6-7,10,13H2,1-2H3,(H,26,31). The van der Waals surface area contributed by atoms with E-state index in [2.05, 4.69) is 25.7 Å². The molecule has 0 radical (unpaired) electrons. The summed E-state index contributed by atoms with van der Waals surface area (Å²) in [6.07, 6.45) is 4.50. The first kappa shape index (κ1) is 21.8. The van der Waals surface area contributed by atoms with E-state index >= 15 is 0 Å². The van der Waals surface area contributed by atoms with Crippen molar-refractivity contribution in [1.29, 1.82) is 0 Å². The fraction of sp³-hybridized carbons (Fsp3) is 0.292. The van der Waals surface area contributed by atoms with Crippen molar-refractivity contribution in [1.82, 2.24) is 25.1 Å². The van der Waals surface area contributed by atoms with Crippen LogP contribution in [0.5, 0.6) is 5.88 Å². The fourth-order valence-corrected chi connectivity index (χ4v) is 3.89. The highest BCUT2D eigenvalue weighted by Crippen LogP contribution is 2.30. The van der Waals surface area contributed by atoms with Gasteiger partial charge in [0.1, 0.15) is 28.4 Å². The van der Waals surface area contributed by atoms with Crippen LogP contribution < -0.4 is 10.1 Å². The maximum Gasteiger partial charge on any atom is 0.261 e. The van der Waals surface area contributed by atoms with Crippen LogP contribution in [0.2, 0.25) is 0 Å². The number of methoxy groups -OCH3 is 1. The topological polar surface area (TPSA) is 117 Å². The average Bonchev–Trinajstić information content (AvgIpc) is 3.53. The second kappa shape index (κ2) is 9.44. The van der Waals surface area contributed by atoms with E-state index in [0.29, 0.717) is 40.7 Å². The highest BCUT2D eigenvalue weighted by molar-refractivity contribution is 6.09. The number of nitrogens with one attached hydrogen (secondary N) is 1. The Morgan fingerprint density at radius 2 is 2.00 bits per heavy atom. The van der Waals surface area contributed by atoms with Crippen LogP contribution >= 0.6 is 0 Å². The molecule has 10 heteroatoms. The van der Waals surface area contributed by atoms with Gasteiger partial charge in [-0.1, -0.05) is 35.5 Å². The monoisotopic (exact) mass is 460 g/mol. The molecule has 3 aromatic heterocycles. The Kier molecular flexibility index (Phi) is 6.05. The van der Waals surface area contributed by atoms with E-state index < -0.39 is 0 Å². The molecule has 1 amide bonds. The molecule has 10 nitrogen and oxygen atoms in total. The Morgan fingerprint density at radius 3 is 2.76 bits per heavy atom. The molecule has 1 aliphatic heterocycles. The summed E-state index contributed by atoms with van der Waals surface area (Å²) in [4.78, 5) is 19.3. The van der Waals surface area contributed by atoms with E-state index in [-0.39, 0.29) is 18.0 Å². The van der Waals surface area contributed by atoms with Gasteiger partial charge in [-0.15, -0.1) is 5.10 Å². The number of benzene rings is 1. The lowest BCUT2D eigenvalue weighted by Crippen LogP contribution is -2.20. The third-order valence-electron chi connectivity index (χ3n) is 5.62. The average molecular weight is 460 g/mol. The number of carbonyl (C=O) groups excluding carboxylic acids is 1. The number of amides is 1. The predicted octanol–water partition coefficient (Wildman–Crippen LogP) is 4.26.